The van der Waals surface area contributed by atoms with Gasteiger partial charge in [0.2, 0.25) is 10.0 Å². The lowest BCUT2D eigenvalue weighted by molar-refractivity contribution is 0.270. The summed E-state index contributed by atoms with van der Waals surface area (Å²) in [5, 5.41) is 8.05. The van der Waals surface area contributed by atoms with Gasteiger partial charge in [-0.2, -0.15) is 0 Å². The first kappa shape index (κ1) is 16.7. The third kappa shape index (κ3) is 4.03. The predicted octanol–water partition coefficient (Wildman–Crippen LogP) is 2.57. The Morgan fingerprint density at radius 3 is 2.58 bits per heavy atom. The molecule has 4 nitrogen and oxygen atoms in total. The van der Waals surface area contributed by atoms with Crippen molar-refractivity contribution < 1.29 is 17.9 Å². The van der Waals surface area contributed by atoms with E-state index in [9.17, 15) is 12.8 Å². The molecule has 0 radical (unpaired) electrons. The number of benzene rings is 1. The number of aliphatic hydroxyl groups excluding tert-OH is 1. The fourth-order valence-corrected chi connectivity index (χ4v) is 3.60. The molecule has 2 N–H and O–H groups in total. The Morgan fingerprint density at radius 2 is 2.05 bits per heavy atom. The van der Waals surface area contributed by atoms with Crippen LogP contribution in [0.25, 0.3) is 0 Å². The van der Waals surface area contributed by atoms with E-state index in [1.807, 2.05) is 0 Å². The molecule has 19 heavy (non-hydrogen) atoms. The molecule has 108 valence electrons. The molecular weight excluding hydrogens is 316 g/mol. The highest BCUT2D eigenvalue weighted by Crippen LogP contribution is 2.29. The van der Waals surface area contributed by atoms with Crippen molar-refractivity contribution in [3.8, 4) is 0 Å². The molecule has 8 heteroatoms. The van der Waals surface area contributed by atoms with Crippen LogP contribution >= 0.6 is 23.2 Å². The molecular formula is C11H14Cl2FNO3S. The second-order valence-corrected chi connectivity index (χ2v) is 6.38. The molecule has 0 saturated heterocycles. The van der Waals surface area contributed by atoms with E-state index >= 15 is 0 Å². The summed E-state index contributed by atoms with van der Waals surface area (Å²) in [6.07, 6.45) is 0.761. The Morgan fingerprint density at radius 1 is 1.42 bits per heavy atom. The molecule has 0 bridgehead atoms. The van der Waals surface area contributed by atoms with Gasteiger partial charge in [0, 0.05) is 12.6 Å². The van der Waals surface area contributed by atoms with Crippen LogP contribution in [0.2, 0.25) is 10.0 Å². The van der Waals surface area contributed by atoms with Crippen LogP contribution in [0.1, 0.15) is 19.8 Å². The van der Waals surface area contributed by atoms with E-state index in [4.69, 9.17) is 28.3 Å². The van der Waals surface area contributed by atoms with Gasteiger partial charge in [-0.3, -0.25) is 0 Å². The van der Waals surface area contributed by atoms with Crippen LogP contribution in [-0.2, 0) is 10.0 Å². The van der Waals surface area contributed by atoms with Crippen LogP contribution in [0.4, 0.5) is 4.39 Å². The first-order chi connectivity index (χ1) is 8.83. The SMILES string of the molecule is CCC(CCO)NS(=O)(=O)c1ccc(Cl)c(F)c1Cl. The number of sulfonamides is 1. The minimum absolute atomic E-state index is 0.149. The number of aliphatic hydroxyl groups is 1. The molecule has 1 unspecified atom stereocenters. The van der Waals surface area contributed by atoms with Crippen LogP contribution in [0.15, 0.2) is 17.0 Å². The second kappa shape index (κ2) is 6.85. The minimum Gasteiger partial charge on any atom is -0.396 e. The molecule has 0 fully saturated rings. The molecule has 1 rings (SSSR count). The third-order valence-corrected chi connectivity index (χ3v) is 4.92. The van der Waals surface area contributed by atoms with Crippen molar-refractivity contribution in [3.63, 3.8) is 0 Å². The molecule has 0 aliphatic rings. The monoisotopic (exact) mass is 329 g/mol. The maximum absolute atomic E-state index is 13.5. The molecule has 0 spiro atoms. The van der Waals surface area contributed by atoms with Gasteiger partial charge in [0.25, 0.3) is 0 Å². The minimum atomic E-state index is -3.96. The standard InChI is InChI=1S/C11H14Cl2FNO3S/c1-2-7(5-6-16)15-19(17,18)9-4-3-8(12)11(14)10(9)13/h3-4,7,15-16H,2,5-6H2,1H3. The summed E-state index contributed by atoms with van der Waals surface area (Å²) in [6, 6.07) is 1.83. The fraction of sp³-hybridized carbons (Fsp3) is 0.455. The number of hydrogen-bond acceptors (Lipinski definition) is 3. The van der Waals surface area contributed by atoms with E-state index < -0.39 is 26.9 Å². The Kier molecular flexibility index (Phi) is 6.01. The van der Waals surface area contributed by atoms with E-state index in [1.165, 1.54) is 0 Å². The molecule has 0 aromatic heterocycles. The van der Waals surface area contributed by atoms with Crippen molar-refractivity contribution in [2.45, 2.75) is 30.7 Å². The summed E-state index contributed by atoms with van der Waals surface area (Å²) in [5.41, 5.74) is 0. The Bertz CT molecular complexity index is 551. The lowest BCUT2D eigenvalue weighted by Gasteiger charge is -2.16. The van der Waals surface area contributed by atoms with Gasteiger partial charge in [0.05, 0.1) is 10.0 Å². The summed E-state index contributed by atoms with van der Waals surface area (Å²) in [6.45, 7) is 1.62. The topological polar surface area (TPSA) is 66.4 Å². The van der Waals surface area contributed by atoms with E-state index in [0.29, 0.717) is 6.42 Å². The Labute approximate surface area is 121 Å². The maximum Gasteiger partial charge on any atom is 0.242 e. The van der Waals surface area contributed by atoms with Gasteiger partial charge in [-0.25, -0.2) is 17.5 Å². The zero-order chi connectivity index (χ0) is 14.6. The second-order valence-electron chi connectivity index (χ2n) is 3.91. The smallest absolute Gasteiger partial charge is 0.242 e. The Hall–Kier alpha value is -0.400. The van der Waals surface area contributed by atoms with Gasteiger partial charge in [0.15, 0.2) is 5.82 Å². The van der Waals surface area contributed by atoms with Crippen LogP contribution in [0, 0.1) is 5.82 Å². The normalized spacial score (nSPS) is 13.5. The lowest BCUT2D eigenvalue weighted by atomic mass is 10.2. The number of rotatable bonds is 6. The van der Waals surface area contributed by atoms with Gasteiger partial charge < -0.3 is 5.11 Å². The zero-order valence-electron chi connectivity index (χ0n) is 10.2. The van der Waals surface area contributed by atoms with E-state index in [1.54, 1.807) is 6.92 Å². The molecule has 0 amide bonds. The molecule has 0 saturated carbocycles. The predicted molar refractivity (Wildman–Crippen MR) is 72.5 cm³/mol. The van der Waals surface area contributed by atoms with Gasteiger partial charge in [-0.15, -0.1) is 0 Å². The van der Waals surface area contributed by atoms with Crippen LogP contribution in [0.3, 0.4) is 0 Å². The van der Waals surface area contributed by atoms with Crippen LogP contribution in [0.5, 0.6) is 0 Å². The van der Waals surface area contributed by atoms with Crippen molar-refractivity contribution in [2.24, 2.45) is 0 Å². The van der Waals surface area contributed by atoms with E-state index in [0.717, 1.165) is 12.1 Å². The molecule has 0 aliphatic heterocycles. The number of hydrogen-bond donors (Lipinski definition) is 2. The number of nitrogens with one attached hydrogen (secondary N) is 1. The quantitative estimate of drug-likeness (QED) is 0.788. The van der Waals surface area contributed by atoms with E-state index in [2.05, 4.69) is 4.72 Å². The summed E-state index contributed by atoms with van der Waals surface area (Å²) in [5.74, 6) is -0.971. The van der Waals surface area contributed by atoms with Crippen molar-refractivity contribution in [1.29, 1.82) is 0 Å². The molecule has 1 aromatic carbocycles. The first-order valence-corrected chi connectivity index (χ1v) is 7.84. The van der Waals surface area contributed by atoms with Crippen molar-refractivity contribution in [3.05, 3.63) is 28.0 Å². The average molecular weight is 330 g/mol. The highest BCUT2D eigenvalue weighted by atomic mass is 35.5. The molecule has 0 aliphatic carbocycles. The Balaban J connectivity index is 3.10. The largest absolute Gasteiger partial charge is 0.396 e. The molecule has 1 aromatic rings. The summed E-state index contributed by atoms with van der Waals surface area (Å²) < 4.78 is 40.0. The summed E-state index contributed by atoms with van der Waals surface area (Å²) in [4.78, 5) is -0.368. The number of halogens is 3. The third-order valence-electron chi connectivity index (χ3n) is 2.58. The highest BCUT2D eigenvalue weighted by molar-refractivity contribution is 7.89. The average Bonchev–Trinajstić information content (AvgIpc) is 2.34. The zero-order valence-corrected chi connectivity index (χ0v) is 12.5. The van der Waals surface area contributed by atoms with Gasteiger partial charge in [-0.1, -0.05) is 30.1 Å². The van der Waals surface area contributed by atoms with E-state index in [-0.39, 0.29) is 22.9 Å². The van der Waals surface area contributed by atoms with Crippen LogP contribution < -0.4 is 4.72 Å². The summed E-state index contributed by atoms with van der Waals surface area (Å²) in [7, 11) is -3.96. The molecule has 1 atom stereocenters. The summed E-state index contributed by atoms with van der Waals surface area (Å²) >= 11 is 11.2. The fourth-order valence-electron chi connectivity index (χ4n) is 1.50. The van der Waals surface area contributed by atoms with Crippen molar-refractivity contribution in [1.82, 2.24) is 4.72 Å². The maximum atomic E-state index is 13.5. The van der Waals surface area contributed by atoms with Crippen LogP contribution in [-0.4, -0.2) is 26.2 Å². The van der Waals surface area contributed by atoms with Crippen molar-refractivity contribution >= 4 is 33.2 Å². The highest BCUT2D eigenvalue weighted by Gasteiger charge is 2.24. The van der Waals surface area contributed by atoms with Gasteiger partial charge >= 0.3 is 0 Å². The van der Waals surface area contributed by atoms with Crippen molar-refractivity contribution in [2.75, 3.05) is 6.61 Å². The lowest BCUT2D eigenvalue weighted by Crippen LogP contribution is -2.35. The van der Waals surface area contributed by atoms with Gasteiger partial charge in [0.1, 0.15) is 4.90 Å². The molecule has 0 heterocycles. The first-order valence-electron chi connectivity index (χ1n) is 5.60. The van der Waals surface area contributed by atoms with Gasteiger partial charge in [-0.05, 0) is 25.0 Å².